The highest BCUT2D eigenvalue weighted by atomic mass is 32.1. The summed E-state index contributed by atoms with van der Waals surface area (Å²) in [7, 11) is 1.68. The molecule has 36 heavy (non-hydrogen) atoms. The number of ether oxygens (including phenoxy) is 2. The fourth-order valence-electron chi connectivity index (χ4n) is 4.65. The summed E-state index contributed by atoms with van der Waals surface area (Å²) in [5, 5.41) is 17.7. The minimum atomic E-state index is 0.562. The fourth-order valence-corrected chi connectivity index (χ4v) is 5.48. The van der Waals surface area contributed by atoms with Crippen LogP contribution in [0.25, 0.3) is 27.0 Å². The van der Waals surface area contributed by atoms with Gasteiger partial charge in [0.15, 0.2) is 5.82 Å². The van der Waals surface area contributed by atoms with Crippen LogP contribution >= 0.6 is 11.3 Å². The quantitative estimate of drug-likeness (QED) is 0.263. The molecule has 8 heteroatoms. The van der Waals surface area contributed by atoms with Crippen molar-refractivity contribution < 1.29 is 9.47 Å². The number of fused-ring (bicyclic) bond motifs is 1. The molecule has 2 aromatic carbocycles. The number of benzene rings is 2. The van der Waals surface area contributed by atoms with E-state index in [1.807, 2.05) is 50.2 Å². The van der Waals surface area contributed by atoms with Gasteiger partial charge in [0.1, 0.15) is 16.5 Å². The summed E-state index contributed by atoms with van der Waals surface area (Å²) in [5.74, 6) is 2.27. The van der Waals surface area contributed by atoms with Crippen molar-refractivity contribution >= 4 is 27.9 Å². The maximum atomic E-state index is 5.74. The van der Waals surface area contributed by atoms with Gasteiger partial charge in [0.2, 0.25) is 0 Å². The van der Waals surface area contributed by atoms with E-state index in [4.69, 9.17) is 14.5 Å². The Kier molecular flexibility index (Phi) is 6.61. The number of aromatic nitrogens is 4. The topological polar surface area (TPSA) is 74.1 Å². The van der Waals surface area contributed by atoms with Gasteiger partial charge >= 0.3 is 0 Å². The Morgan fingerprint density at radius 2 is 1.75 bits per heavy atom. The number of hydrogen-bond acceptors (Lipinski definition) is 7. The summed E-state index contributed by atoms with van der Waals surface area (Å²) >= 11 is 1.64. The molecule has 0 radical (unpaired) electrons. The van der Waals surface area contributed by atoms with E-state index in [0.29, 0.717) is 13.2 Å². The minimum absolute atomic E-state index is 0.562. The molecule has 5 aromatic rings. The van der Waals surface area contributed by atoms with E-state index >= 15 is 0 Å². The van der Waals surface area contributed by atoms with Crippen molar-refractivity contribution in [3.8, 4) is 27.8 Å². The van der Waals surface area contributed by atoms with E-state index in [0.717, 1.165) is 67.1 Å². The summed E-state index contributed by atoms with van der Waals surface area (Å²) in [4.78, 5) is 4.81. The lowest BCUT2D eigenvalue weighted by Crippen LogP contribution is -2.05. The first kappa shape index (κ1) is 23.8. The Labute approximate surface area is 214 Å². The molecule has 0 saturated carbocycles. The second-order valence-corrected chi connectivity index (χ2v) is 9.38. The lowest BCUT2D eigenvalue weighted by Gasteiger charge is -2.15. The molecule has 0 aliphatic carbocycles. The summed E-state index contributed by atoms with van der Waals surface area (Å²) in [5.41, 5.74) is 6.08. The molecule has 3 heterocycles. The third-order valence-corrected chi connectivity index (χ3v) is 7.20. The maximum absolute atomic E-state index is 5.74. The van der Waals surface area contributed by atoms with Crippen LogP contribution in [0.2, 0.25) is 0 Å². The Bertz CT molecular complexity index is 1520. The third-order valence-electron chi connectivity index (χ3n) is 6.26. The van der Waals surface area contributed by atoms with Gasteiger partial charge in [-0.1, -0.05) is 30.3 Å². The molecule has 1 N–H and O–H groups in total. The van der Waals surface area contributed by atoms with Gasteiger partial charge in [0, 0.05) is 39.2 Å². The predicted octanol–water partition coefficient (Wildman–Crippen LogP) is 6.49. The van der Waals surface area contributed by atoms with Gasteiger partial charge in [-0.3, -0.25) is 0 Å². The first-order valence-electron chi connectivity index (χ1n) is 11.9. The number of nitrogens with one attached hydrogen (secondary N) is 1. The Hall–Kier alpha value is -3.91. The number of anilines is 1. The highest BCUT2D eigenvalue weighted by Crippen LogP contribution is 2.37. The van der Waals surface area contributed by atoms with Gasteiger partial charge in [-0.2, -0.15) is 5.10 Å². The fraction of sp³-hybridized carbons (Fsp3) is 0.250. The second kappa shape index (κ2) is 9.99. The molecule has 0 unspecified atom stereocenters. The average molecular weight is 500 g/mol. The molecule has 0 spiro atoms. The summed E-state index contributed by atoms with van der Waals surface area (Å²) in [6.45, 7) is 9.35. The van der Waals surface area contributed by atoms with Crippen molar-refractivity contribution in [2.75, 3.05) is 19.0 Å². The van der Waals surface area contributed by atoms with E-state index in [2.05, 4.69) is 51.4 Å². The van der Waals surface area contributed by atoms with Gasteiger partial charge < -0.3 is 19.4 Å². The molecule has 5 rings (SSSR count). The molecule has 3 aromatic heterocycles. The average Bonchev–Trinajstić information content (AvgIpc) is 3.47. The van der Waals surface area contributed by atoms with Crippen LogP contribution in [0.1, 0.15) is 29.7 Å². The molecule has 0 amide bonds. The molecule has 0 saturated heterocycles. The molecule has 0 fully saturated rings. The van der Waals surface area contributed by atoms with Crippen molar-refractivity contribution in [3.63, 3.8) is 0 Å². The number of rotatable bonds is 8. The highest BCUT2D eigenvalue weighted by Gasteiger charge is 2.21. The zero-order valence-electron chi connectivity index (χ0n) is 21.1. The van der Waals surface area contributed by atoms with Crippen LogP contribution in [0.3, 0.4) is 0 Å². The van der Waals surface area contributed by atoms with E-state index in [-0.39, 0.29) is 0 Å². The zero-order valence-corrected chi connectivity index (χ0v) is 21.9. The molecule has 7 nitrogen and oxygen atoms in total. The molecular formula is C28H29N5O2S. The lowest BCUT2D eigenvalue weighted by molar-refractivity contribution is 0.336. The Morgan fingerprint density at radius 1 is 0.972 bits per heavy atom. The third kappa shape index (κ3) is 4.28. The molecule has 0 bridgehead atoms. The van der Waals surface area contributed by atoms with Crippen LogP contribution in [0.5, 0.6) is 11.5 Å². The predicted molar refractivity (Wildman–Crippen MR) is 146 cm³/mol. The highest BCUT2D eigenvalue weighted by molar-refractivity contribution is 7.13. The van der Waals surface area contributed by atoms with Crippen LogP contribution in [-0.2, 0) is 6.54 Å². The minimum Gasteiger partial charge on any atom is -0.494 e. The molecule has 0 aliphatic heterocycles. The lowest BCUT2D eigenvalue weighted by atomic mass is 10.1. The van der Waals surface area contributed by atoms with E-state index in [9.17, 15) is 0 Å². The molecular weight excluding hydrogens is 470 g/mol. The standard InChI is InChI=1S/C28H29N5O2S/c1-6-35-22-12-13-23(24(14-22)34-5)33-18(3)25-17(2)31-32-27(26(25)19(33)4)29-15-21-16-36-28(30-21)20-10-8-7-9-11-20/h7-14,16H,6,15H2,1-5H3,(H,29,32). The van der Waals surface area contributed by atoms with E-state index in [1.165, 1.54) is 0 Å². The molecule has 0 atom stereocenters. The van der Waals surface area contributed by atoms with E-state index < -0.39 is 0 Å². The summed E-state index contributed by atoms with van der Waals surface area (Å²) in [6.07, 6.45) is 0. The number of hydrogen-bond donors (Lipinski definition) is 1. The smallest absolute Gasteiger partial charge is 0.158 e. The van der Waals surface area contributed by atoms with Gasteiger partial charge in [0.25, 0.3) is 0 Å². The van der Waals surface area contributed by atoms with Gasteiger partial charge in [-0.25, -0.2) is 4.98 Å². The largest absolute Gasteiger partial charge is 0.494 e. The number of nitrogens with zero attached hydrogens (tertiary/aromatic N) is 4. The van der Waals surface area contributed by atoms with Crippen molar-refractivity contribution in [1.29, 1.82) is 0 Å². The number of thiazole rings is 1. The first-order chi connectivity index (χ1) is 17.5. The first-order valence-corrected chi connectivity index (χ1v) is 12.8. The number of methoxy groups -OCH3 is 1. The van der Waals surface area contributed by atoms with Crippen molar-refractivity contribution in [2.45, 2.75) is 34.2 Å². The Balaban J connectivity index is 1.52. The monoisotopic (exact) mass is 499 g/mol. The summed E-state index contributed by atoms with van der Waals surface area (Å²) in [6, 6.07) is 16.2. The van der Waals surface area contributed by atoms with Gasteiger partial charge in [-0.05, 0) is 39.8 Å². The van der Waals surface area contributed by atoms with Crippen LogP contribution < -0.4 is 14.8 Å². The van der Waals surface area contributed by atoms with Crippen LogP contribution in [0.4, 0.5) is 5.82 Å². The SMILES string of the molecule is CCOc1ccc(-n2c(C)c3c(C)nnc(NCc4csc(-c5ccccc5)n4)c3c2C)c(OC)c1. The summed E-state index contributed by atoms with van der Waals surface area (Å²) < 4.78 is 13.6. The Morgan fingerprint density at radius 3 is 2.50 bits per heavy atom. The zero-order chi connectivity index (χ0) is 25.2. The second-order valence-electron chi connectivity index (χ2n) is 8.52. The van der Waals surface area contributed by atoms with Crippen molar-refractivity contribution in [3.05, 3.63) is 76.7 Å². The normalized spacial score (nSPS) is 11.1. The van der Waals surface area contributed by atoms with Crippen molar-refractivity contribution in [1.82, 2.24) is 19.7 Å². The van der Waals surface area contributed by atoms with Gasteiger partial charge in [0.05, 0.1) is 37.3 Å². The van der Waals surface area contributed by atoms with Crippen LogP contribution in [0.15, 0.2) is 53.9 Å². The van der Waals surface area contributed by atoms with Crippen LogP contribution in [0, 0.1) is 20.8 Å². The molecule has 184 valence electrons. The van der Waals surface area contributed by atoms with Crippen LogP contribution in [-0.4, -0.2) is 33.5 Å². The maximum Gasteiger partial charge on any atom is 0.158 e. The number of aryl methyl sites for hydroxylation is 3. The molecule has 0 aliphatic rings. The van der Waals surface area contributed by atoms with Gasteiger partial charge in [-0.15, -0.1) is 16.4 Å². The van der Waals surface area contributed by atoms with E-state index in [1.54, 1.807) is 18.4 Å². The van der Waals surface area contributed by atoms with Crippen molar-refractivity contribution in [2.24, 2.45) is 0 Å².